The minimum atomic E-state index is -0.370. The predicted octanol–water partition coefficient (Wildman–Crippen LogP) is 4.25. The van der Waals surface area contributed by atoms with E-state index in [9.17, 15) is 4.39 Å². The van der Waals surface area contributed by atoms with Crippen LogP contribution < -0.4 is 20.3 Å². The zero-order valence-corrected chi connectivity index (χ0v) is 19.3. The number of rotatable bonds is 6. The van der Waals surface area contributed by atoms with Gasteiger partial charge in [-0.15, -0.1) is 24.0 Å². The van der Waals surface area contributed by atoms with E-state index in [1.54, 1.807) is 13.1 Å². The zero-order valence-electron chi connectivity index (χ0n) is 17.0. The fraction of sp³-hybridized carbons (Fsp3) is 0.318. The van der Waals surface area contributed by atoms with Gasteiger partial charge in [-0.1, -0.05) is 30.4 Å². The summed E-state index contributed by atoms with van der Waals surface area (Å²) in [5.74, 6) is 0.535. The molecule has 1 aliphatic heterocycles. The fourth-order valence-electron chi connectivity index (χ4n) is 3.13. The Kier molecular flexibility index (Phi) is 8.75. The second-order valence-corrected chi connectivity index (χ2v) is 6.73. The van der Waals surface area contributed by atoms with Gasteiger partial charge in [-0.3, -0.25) is 4.99 Å². The van der Waals surface area contributed by atoms with E-state index in [1.807, 2.05) is 13.0 Å². The minimum Gasteiger partial charge on any atom is -0.494 e. The van der Waals surface area contributed by atoms with Gasteiger partial charge in [0.15, 0.2) is 17.5 Å². The van der Waals surface area contributed by atoms with Crippen molar-refractivity contribution in [2.45, 2.75) is 19.5 Å². The lowest BCUT2D eigenvalue weighted by Gasteiger charge is -2.20. The molecule has 0 spiro atoms. The lowest BCUT2D eigenvalue weighted by Crippen LogP contribution is -2.38. The number of hydrogen-bond acceptors (Lipinski definition) is 3. The maximum atomic E-state index is 13.9. The van der Waals surface area contributed by atoms with Crippen molar-refractivity contribution in [3.05, 3.63) is 71.6 Å². The lowest BCUT2D eigenvalue weighted by molar-refractivity contribution is 0.386. The van der Waals surface area contributed by atoms with Gasteiger partial charge < -0.3 is 20.3 Å². The predicted molar refractivity (Wildman–Crippen MR) is 128 cm³/mol. The molecule has 0 radical (unpaired) electrons. The van der Waals surface area contributed by atoms with Gasteiger partial charge in [0, 0.05) is 32.4 Å². The molecule has 3 rings (SSSR count). The van der Waals surface area contributed by atoms with Gasteiger partial charge in [-0.05, 0) is 42.3 Å². The third kappa shape index (κ3) is 6.09. The van der Waals surface area contributed by atoms with Gasteiger partial charge >= 0.3 is 0 Å². The molecule has 0 bridgehead atoms. The third-order valence-corrected chi connectivity index (χ3v) is 4.83. The average molecular weight is 510 g/mol. The Morgan fingerprint density at radius 1 is 1.17 bits per heavy atom. The number of nitrogens with one attached hydrogen (secondary N) is 2. The van der Waals surface area contributed by atoms with Crippen molar-refractivity contribution < 1.29 is 9.13 Å². The number of guanidine groups is 1. The van der Waals surface area contributed by atoms with Crippen LogP contribution >= 0.6 is 24.0 Å². The first-order valence-electron chi connectivity index (χ1n) is 9.40. The van der Waals surface area contributed by atoms with E-state index in [0.717, 1.165) is 18.7 Å². The Hall–Kier alpha value is -2.29. The van der Waals surface area contributed by atoms with E-state index in [4.69, 9.17) is 4.74 Å². The molecule has 5 nitrogen and oxygen atoms in total. The zero-order chi connectivity index (χ0) is 19.9. The molecule has 2 N–H and O–H groups in total. The van der Waals surface area contributed by atoms with Crippen LogP contribution in [0.5, 0.6) is 5.75 Å². The van der Waals surface area contributed by atoms with Crippen molar-refractivity contribution in [1.29, 1.82) is 0 Å². The number of hydrogen-bond donors (Lipinski definition) is 2. The highest BCUT2D eigenvalue weighted by Crippen LogP contribution is 2.22. The largest absolute Gasteiger partial charge is 0.494 e. The second kappa shape index (κ2) is 11.0. The van der Waals surface area contributed by atoms with Crippen molar-refractivity contribution in [3.63, 3.8) is 0 Å². The summed E-state index contributed by atoms with van der Waals surface area (Å²) < 4.78 is 18.9. The molecule has 156 valence electrons. The van der Waals surface area contributed by atoms with E-state index in [2.05, 4.69) is 56.9 Å². The van der Waals surface area contributed by atoms with Crippen LogP contribution in [0, 0.1) is 5.82 Å². The Balaban J connectivity index is 0.00000300. The number of methoxy groups -OCH3 is 1. The molecule has 7 heteroatoms. The molecule has 1 heterocycles. The monoisotopic (exact) mass is 510 g/mol. The van der Waals surface area contributed by atoms with Crippen molar-refractivity contribution in [1.82, 2.24) is 10.6 Å². The van der Waals surface area contributed by atoms with E-state index >= 15 is 0 Å². The SMILES string of the molecule is CN=C(NCc1ccc(N2CC=CC2)cc1)NC(C)c1ccc(OC)c(F)c1.I. The molecule has 0 saturated heterocycles. The van der Waals surface area contributed by atoms with Gasteiger partial charge in [0.05, 0.1) is 13.2 Å². The van der Waals surface area contributed by atoms with Gasteiger partial charge in [0.25, 0.3) is 0 Å². The number of halogens is 2. The quantitative estimate of drug-likeness (QED) is 0.264. The van der Waals surface area contributed by atoms with Gasteiger partial charge in [0.1, 0.15) is 0 Å². The van der Waals surface area contributed by atoms with Crippen LogP contribution in [-0.2, 0) is 6.54 Å². The van der Waals surface area contributed by atoms with Crippen LogP contribution in [0.2, 0.25) is 0 Å². The van der Waals surface area contributed by atoms with Crippen LogP contribution in [0.25, 0.3) is 0 Å². The molecular formula is C22H28FIN4O. The van der Waals surface area contributed by atoms with Crippen LogP contribution in [0.15, 0.2) is 59.6 Å². The van der Waals surface area contributed by atoms with Gasteiger partial charge in [-0.25, -0.2) is 4.39 Å². The number of nitrogens with zero attached hydrogens (tertiary/aromatic N) is 2. The molecule has 1 atom stereocenters. The van der Waals surface area contributed by atoms with Gasteiger partial charge in [-0.2, -0.15) is 0 Å². The van der Waals surface area contributed by atoms with Crippen molar-refractivity contribution in [2.24, 2.45) is 4.99 Å². The molecule has 0 aliphatic carbocycles. The first-order valence-corrected chi connectivity index (χ1v) is 9.40. The number of ether oxygens (including phenoxy) is 1. The van der Waals surface area contributed by atoms with Crippen LogP contribution in [-0.4, -0.2) is 33.2 Å². The number of benzene rings is 2. The molecular weight excluding hydrogens is 482 g/mol. The Bertz CT molecular complexity index is 846. The summed E-state index contributed by atoms with van der Waals surface area (Å²) >= 11 is 0. The summed E-state index contributed by atoms with van der Waals surface area (Å²) in [6, 6.07) is 13.4. The summed E-state index contributed by atoms with van der Waals surface area (Å²) in [6.45, 7) is 4.56. The van der Waals surface area contributed by atoms with Crippen LogP contribution in [0.1, 0.15) is 24.1 Å². The summed E-state index contributed by atoms with van der Waals surface area (Å²) in [4.78, 5) is 6.58. The third-order valence-electron chi connectivity index (χ3n) is 4.83. The van der Waals surface area contributed by atoms with Crippen molar-refractivity contribution in [2.75, 3.05) is 32.1 Å². The van der Waals surface area contributed by atoms with Crippen molar-refractivity contribution in [3.8, 4) is 5.75 Å². The van der Waals surface area contributed by atoms with Crippen molar-refractivity contribution >= 4 is 35.6 Å². The van der Waals surface area contributed by atoms with E-state index in [-0.39, 0.29) is 41.6 Å². The van der Waals surface area contributed by atoms with Crippen LogP contribution in [0.4, 0.5) is 10.1 Å². The minimum absolute atomic E-state index is 0. The molecule has 0 saturated carbocycles. The highest BCUT2D eigenvalue weighted by molar-refractivity contribution is 14.0. The van der Waals surface area contributed by atoms with E-state index in [0.29, 0.717) is 12.5 Å². The maximum absolute atomic E-state index is 13.9. The first kappa shape index (κ1) is 23.0. The maximum Gasteiger partial charge on any atom is 0.191 e. The summed E-state index contributed by atoms with van der Waals surface area (Å²) in [6.07, 6.45) is 4.36. The van der Waals surface area contributed by atoms with E-state index in [1.165, 1.54) is 24.4 Å². The Morgan fingerprint density at radius 2 is 1.86 bits per heavy atom. The molecule has 2 aromatic carbocycles. The average Bonchev–Trinajstić information content (AvgIpc) is 3.26. The smallest absolute Gasteiger partial charge is 0.191 e. The number of anilines is 1. The topological polar surface area (TPSA) is 48.9 Å². The molecule has 0 amide bonds. The summed E-state index contributed by atoms with van der Waals surface area (Å²) in [7, 11) is 3.18. The highest BCUT2D eigenvalue weighted by Gasteiger charge is 2.11. The summed E-state index contributed by atoms with van der Waals surface area (Å²) in [5, 5.41) is 6.60. The normalized spacial score (nSPS) is 14.3. The molecule has 2 aromatic rings. The lowest BCUT2D eigenvalue weighted by atomic mass is 10.1. The fourth-order valence-corrected chi connectivity index (χ4v) is 3.13. The molecule has 0 aromatic heterocycles. The van der Waals surface area contributed by atoms with E-state index < -0.39 is 0 Å². The standard InChI is InChI=1S/C22H27FN4O.HI/c1-16(18-8-11-21(28-3)20(23)14-18)26-22(24-2)25-15-17-6-9-19(10-7-17)27-12-4-5-13-27;/h4-11,14,16H,12-13,15H2,1-3H3,(H2,24,25,26);1H. The Morgan fingerprint density at radius 3 is 2.45 bits per heavy atom. The summed E-state index contributed by atoms with van der Waals surface area (Å²) in [5.41, 5.74) is 3.22. The highest BCUT2D eigenvalue weighted by atomic mass is 127. The molecule has 1 unspecified atom stereocenters. The van der Waals surface area contributed by atoms with Gasteiger partial charge in [0.2, 0.25) is 0 Å². The molecule has 1 aliphatic rings. The second-order valence-electron chi connectivity index (χ2n) is 6.73. The van der Waals surface area contributed by atoms with Crippen LogP contribution in [0.3, 0.4) is 0 Å². The molecule has 29 heavy (non-hydrogen) atoms. The Labute approximate surface area is 189 Å². The number of aliphatic imine (C=N–C) groups is 1. The molecule has 0 fully saturated rings. The first-order chi connectivity index (χ1) is 13.6.